The molecule has 0 aliphatic carbocycles. The Bertz CT molecular complexity index is 521. The molecule has 2 aromatic rings. The van der Waals surface area contributed by atoms with Crippen molar-refractivity contribution in [2.75, 3.05) is 0 Å². The molecule has 0 radical (unpaired) electrons. The van der Waals surface area contributed by atoms with Gasteiger partial charge in [0.2, 0.25) is 0 Å². The SMILES string of the molecule is Cc1cc(C)c2[nH]c(C)c(CC(C)N)c2c1. The van der Waals surface area contributed by atoms with Gasteiger partial charge in [0.15, 0.2) is 0 Å². The molecule has 0 bridgehead atoms. The second kappa shape index (κ2) is 3.95. The normalized spacial score (nSPS) is 13.3. The molecule has 0 saturated heterocycles. The van der Waals surface area contributed by atoms with Crippen LogP contribution in [0.5, 0.6) is 0 Å². The first kappa shape index (κ1) is 11.2. The molecule has 86 valence electrons. The molecule has 1 aromatic carbocycles. The Morgan fingerprint density at radius 1 is 1.25 bits per heavy atom. The Balaban J connectivity index is 2.68. The van der Waals surface area contributed by atoms with Crippen molar-refractivity contribution in [3.63, 3.8) is 0 Å². The van der Waals surface area contributed by atoms with Crippen molar-refractivity contribution in [2.24, 2.45) is 5.73 Å². The van der Waals surface area contributed by atoms with Crippen LogP contribution in [-0.2, 0) is 6.42 Å². The highest BCUT2D eigenvalue weighted by atomic mass is 14.7. The number of hydrogen-bond acceptors (Lipinski definition) is 1. The number of fused-ring (bicyclic) bond motifs is 1. The largest absolute Gasteiger partial charge is 0.358 e. The number of nitrogens with one attached hydrogen (secondary N) is 1. The lowest BCUT2D eigenvalue weighted by atomic mass is 10.0. The van der Waals surface area contributed by atoms with E-state index in [0.29, 0.717) is 0 Å². The van der Waals surface area contributed by atoms with E-state index in [9.17, 15) is 0 Å². The summed E-state index contributed by atoms with van der Waals surface area (Å²) in [5.74, 6) is 0. The summed E-state index contributed by atoms with van der Waals surface area (Å²) < 4.78 is 0. The molecule has 0 fully saturated rings. The average molecular weight is 216 g/mol. The molecule has 1 unspecified atom stereocenters. The van der Waals surface area contributed by atoms with Crippen LogP contribution >= 0.6 is 0 Å². The van der Waals surface area contributed by atoms with Crippen LogP contribution in [0.25, 0.3) is 10.9 Å². The van der Waals surface area contributed by atoms with Crippen LogP contribution in [0.2, 0.25) is 0 Å². The number of benzene rings is 1. The summed E-state index contributed by atoms with van der Waals surface area (Å²) in [5.41, 5.74) is 12.4. The minimum atomic E-state index is 0.207. The maximum Gasteiger partial charge on any atom is 0.0488 e. The molecule has 1 heterocycles. The van der Waals surface area contributed by atoms with Gasteiger partial charge in [-0.05, 0) is 51.3 Å². The number of H-pyrrole nitrogens is 1. The number of aromatic nitrogens is 1. The number of rotatable bonds is 2. The molecular weight excluding hydrogens is 196 g/mol. The second-order valence-electron chi connectivity index (χ2n) is 4.91. The molecule has 3 N–H and O–H groups in total. The van der Waals surface area contributed by atoms with E-state index in [4.69, 9.17) is 5.73 Å². The molecule has 0 aliphatic rings. The van der Waals surface area contributed by atoms with Gasteiger partial charge < -0.3 is 10.7 Å². The lowest BCUT2D eigenvalue weighted by Gasteiger charge is -2.06. The van der Waals surface area contributed by atoms with Gasteiger partial charge in [-0.25, -0.2) is 0 Å². The minimum absolute atomic E-state index is 0.207. The van der Waals surface area contributed by atoms with E-state index >= 15 is 0 Å². The maximum absolute atomic E-state index is 5.91. The van der Waals surface area contributed by atoms with Crippen LogP contribution in [0.3, 0.4) is 0 Å². The van der Waals surface area contributed by atoms with Crippen molar-refractivity contribution < 1.29 is 0 Å². The van der Waals surface area contributed by atoms with Gasteiger partial charge in [0.1, 0.15) is 0 Å². The maximum atomic E-state index is 5.91. The van der Waals surface area contributed by atoms with Crippen LogP contribution in [0.1, 0.15) is 29.3 Å². The van der Waals surface area contributed by atoms with E-state index in [-0.39, 0.29) is 6.04 Å². The van der Waals surface area contributed by atoms with Crippen molar-refractivity contribution >= 4 is 10.9 Å². The highest BCUT2D eigenvalue weighted by Gasteiger charge is 2.11. The highest BCUT2D eigenvalue weighted by Crippen LogP contribution is 2.27. The summed E-state index contributed by atoms with van der Waals surface area (Å²) in [6, 6.07) is 4.68. The van der Waals surface area contributed by atoms with Crippen LogP contribution < -0.4 is 5.73 Å². The van der Waals surface area contributed by atoms with Crippen LogP contribution in [-0.4, -0.2) is 11.0 Å². The van der Waals surface area contributed by atoms with Crippen molar-refractivity contribution in [3.05, 3.63) is 34.5 Å². The van der Waals surface area contributed by atoms with E-state index in [1.54, 1.807) is 0 Å². The predicted octanol–water partition coefficient (Wildman–Crippen LogP) is 2.98. The van der Waals surface area contributed by atoms with Gasteiger partial charge >= 0.3 is 0 Å². The molecule has 2 heteroatoms. The predicted molar refractivity (Wildman–Crippen MR) is 69.9 cm³/mol. The molecule has 0 aliphatic heterocycles. The number of nitrogens with two attached hydrogens (primary N) is 1. The van der Waals surface area contributed by atoms with Crippen LogP contribution in [0, 0.1) is 20.8 Å². The van der Waals surface area contributed by atoms with Gasteiger partial charge in [-0.15, -0.1) is 0 Å². The van der Waals surface area contributed by atoms with Gasteiger partial charge in [0.05, 0.1) is 0 Å². The second-order valence-corrected chi connectivity index (χ2v) is 4.91. The van der Waals surface area contributed by atoms with E-state index in [1.807, 2.05) is 0 Å². The van der Waals surface area contributed by atoms with Crippen molar-refractivity contribution in [1.29, 1.82) is 0 Å². The fraction of sp³-hybridized carbons (Fsp3) is 0.429. The number of aryl methyl sites for hydroxylation is 3. The summed E-state index contributed by atoms with van der Waals surface area (Å²) in [6.07, 6.45) is 0.939. The van der Waals surface area contributed by atoms with Crippen LogP contribution in [0.15, 0.2) is 12.1 Å². The molecular formula is C14H20N2. The van der Waals surface area contributed by atoms with E-state index in [0.717, 1.165) is 6.42 Å². The van der Waals surface area contributed by atoms with Gasteiger partial charge in [-0.2, -0.15) is 0 Å². The molecule has 0 saturated carbocycles. The van der Waals surface area contributed by atoms with E-state index in [1.165, 1.54) is 33.3 Å². The quantitative estimate of drug-likeness (QED) is 0.796. The topological polar surface area (TPSA) is 41.8 Å². The summed E-state index contributed by atoms with van der Waals surface area (Å²) in [4.78, 5) is 3.47. The Morgan fingerprint density at radius 3 is 2.56 bits per heavy atom. The lowest BCUT2D eigenvalue weighted by Crippen LogP contribution is -2.18. The first-order valence-corrected chi connectivity index (χ1v) is 5.83. The third kappa shape index (κ3) is 1.85. The number of aromatic amines is 1. The zero-order valence-electron chi connectivity index (χ0n) is 10.5. The molecule has 1 aromatic heterocycles. The first-order chi connectivity index (χ1) is 7.49. The van der Waals surface area contributed by atoms with Crippen LogP contribution in [0.4, 0.5) is 0 Å². The van der Waals surface area contributed by atoms with Gasteiger partial charge in [0.25, 0.3) is 0 Å². The summed E-state index contributed by atoms with van der Waals surface area (Å²) >= 11 is 0. The third-order valence-electron chi connectivity index (χ3n) is 3.10. The third-order valence-corrected chi connectivity index (χ3v) is 3.10. The van der Waals surface area contributed by atoms with Gasteiger partial charge in [0, 0.05) is 22.6 Å². The Hall–Kier alpha value is -1.28. The number of hydrogen-bond donors (Lipinski definition) is 2. The summed E-state index contributed by atoms with van der Waals surface area (Å²) in [7, 11) is 0. The highest BCUT2D eigenvalue weighted by molar-refractivity contribution is 5.88. The van der Waals surface area contributed by atoms with Crippen molar-refractivity contribution in [1.82, 2.24) is 4.98 Å². The molecule has 0 amide bonds. The minimum Gasteiger partial charge on any atom is -0.358 e. The Labute approximate surface area is 96.9 Å². The van der Waals surface area contributed by atoms with Gasteiger partial charge in [-0.1, -0.05) is 11.6 Å². The Morgan fingerprint density at radius 2 is 1.94 bits per heavy atom. The standard InChI is InChI=1S/C14H20N2/c1-8-5-9(2)14-13(6-8)12(7-10(3)15)11(4)16-14/h5-6,10,16H,7,15H2,1-4H3. The summed E-state index contributed by atoms with van der Waals surface area (Å²) in [6.45, 7) is 8.48. The van der Waals surface area contributed by atoms with E-state index < -0.39 is 0 Å². The summed E-state index contributed by atoms with van der Waals surface area (Å²) in [5, 5.41) is 1.34. The lowest BCUT2D eigenvalue weighted by molar-refractivity contribution is 0.738. The fourth-order valence-corrected chi connectivity index (χ4v) is 2.42. The molecule has 0 spiro atoms. The molecule has 2 nitrogen and oxygen atoms in total. The molecule has 2 rings (SSSR count). The van der Waals surface area contributed by atoms with Gasteiger partial charge in [-0.3, -0.25) is 0 Å². The molecule has 16 heavy (non-hydrogen) atoms. The van der Waals surface area contributed by atoms with E-state index in [2.05, 4.69) is 44.8 Å². The monoisotopic (exact) mass is 216 g/mol. The Kier molecular flexibility index (Phi) is 2.76. The average Bonchev–Trinajstić information content (AvgIpc) is 2.45. The molecule has 1 atom stereocenters. The smallest absolute Gasteiger partial charge is 0.0488 e. The zero-order valence-corrected chi connectivity index (χ0v) is 10.5. The van der Waals surface area contributed by atoms with Crippen molar-refractivity contribution in [2.45, 2.75) is 40.2 Å². The first-order valence-electron chi connectivity index (χ1n) is 5.83. The zero-order chi connectivity index (χ0) is 11.9. The fourth-order valence-electron chi connectivity index (χ4n) is 2.42. The van der Waals surface area contributed by atoms with Crippen molar-refractivity contribution in [3.8, 4) is 0 Å².